The van der Waals surface area contributed by atoms with E-state index in [9.17, 15) is 26.9 Å². The van der Waals surface area contributed by atoms with Crippen LogP contribution >= 0.6 is 0 Å². The molecule has 0 saturated carbocycles. The molecule has 0 bridgehead atoms. The number of benzene rings is 2. The lowest BCUT2D eigenvalue weighted by atomic mass is 10.3. The Kier molecular flexibility index (Phi) is 5.92. The van der Waals surface area contributed by atoms with Crippen molar-refractivity contribution in [2.24, 2.45) is 5.73 Å². The SMILES string of the molecule is NCCNS(=O)(=O)c1cccc(NS(=O)(=O)c2ccccc2[N+](=O)[O-])c1. The third kappa shape index (κ3) is 4.54. The highest BCUT2D eigenvalue weighted by Crippen LogP contribution is 2.26. The maximum absolute atomic E-state index is 12.5. The minimum atomic E-state index is -4.30. The number of nitrogens with two attached hydrogens (primary N) is 1. The molecule has 0 fully saturated rings. The van der Waals surface area contributed by atoms with E-state index in [1.807, 2.05) is 0 Å². The van der Waals surface area contributed by atoms with Crippen LogP contribution in [0.3, 0.4) is 0 Å². The number of nitro groups is 1. The average Bonchev–Trinajstić information content (AvgIpc) is 2.60. The fraction of sp³-hybridized carbons (Fsp3) is 0.143. The Morgan fingerprint density at radius 2 is 1.69 bits per heavy atom. The number of nitrogens with one attached hydrogen (secondary N) is 2. The van der Waals surface area contributed by atoms with Crippen molar-refractivity contribution in [2.75, 3.05) is 17.8 Å². The summed E-state index contributed by atoms with van der Waals surface area (Å²) in [5.41, 5.74) is 4.61. The van der Waals surface area contributed by atoms with Crippen molar-refractivity contribution in [3.63, 3.8) is 0 Å². The quantitative estimate of drug-likeness (QED) is 0.432. The molecule has 0 aliphatic heterocycles. The molecule has 0 aromatic heterocycles. The molecule has 0 amide bonds. The molecular weight excluding hydrogens is 384 g/mol. The summed E-state index contributed by atoms with van der Waals surface area (Å²) < 4.78 is 53.5. The van der Waals surface area contributed by atoms with Crippen LogP contribution in [0.15, 0.2) is 58.3 Å². The second-order valence-corrected chi connectivity index (χ2v) is 8.46. The number of anilines is 1. The molecule has 0 atom stereocenters. The minimum absolute atomic E-state index is 0.0223. The minimum Gasteiger partial charge on any atom is -0.329 e. The van der Waals surface area contributed by atoms with Crippen molar-refractivity contribution in [2.45, 2.75) is 9.79 Å². The number of rotatable bonds is 8. The van der Waals surface area contributed by atoms with E-state index in [2.05, 4.69) is 9.44 Å². The Labute approximate surface area is 150 Å². The lowest BCUT2D eigenvalue weighted by molar-refractivity contribution is -0.387. The van der Waals surface area contributed by atoms with E-state index in [1.165, 1.54) is 30.3 Å². The largest absolute Gasteiger partial charge is 0.329 e. The highest BCUT2D eigenvalue weighted by atomic mass is 32.2. The van der Waals surface area contributed by atoms with E-state index in [0.29, 0.717) is 0 Å². The van der Waals surface area contributed by atoms with Gasteiger partial charge in [0.1, 0.15) is 0 Å². The highest BCUT2D eigenvalue weighted by Gasteiger charge is 2.25. The molecule has 4 N–H and O–H groups in total. The maximum Gasteiger partial charge on any atom is 0.289 e. The monoisotopic (exact) mass is 400 g/mol. The van der Waals surface area contributed by atoms with Crippen LogP contribution in [0.25, 0.3) is 0 Å². The van der Waals surface area contributed by atoms with E-state index in [-0.39, 0.29) is 23.7 Å². The number of para-hydroxylation sites is 1. The molecule has 0 spiro atoms. The van der Waals surface area contributed by atoms with Crippen LogP contribution < -0.4 is 15.2 Å². The van der Waals surface area contributed by atoms with Gasteiger partial charge in [-0.1, -0.05) is 18.2 Å². The predicted molar refractivity (Wildman–Crippen MR) is 94.6 cm³/mol. The van der Waals surface area contributed by atoms with E-state index < -0.39 is 35.6 Å². The summed E-state index contributed by atoms with van der Waals surface area (Å²) in [7, 11) is -8.15. The number of hydrogen-bond acceptors (Lipinski definition) is 7. The van der Waals surface area contributed by atoms with E-state index in [1.54, 1.807) is 0 Å². The standard InChI is InChI=1S/C14H16N4O6S2/c15-8-9-16-25(21,22)12-5-3-4-11(10-12)17-26(23,24)14-7-2-1-6-13(14)18(19)20/h1-7,10,16-17H,8-9,15H2. The van der Waals surface area contributed by atoms with Crippen LogP contribution in [0.2, 0.25) is 0 Å². The molecule has 0 heterocycles. The first-order chi connectivity index (χ1) is 12.2. The zero-order valence-electron chi connectivity index (χ0n) is 13.3. The highest BCUT2D eigenvalue weighted by molar-refractivity contribution is 7.93. The Morgan fingerprint density at radius 1 is 1.00 bits per heavy atom. The second kappa shape index (κ2) is 7.78. The zero-order chi connectivity index (χ0) is 19.4. The molecular formula is C14H16N4O6S2. The van der Waals surface area contributed by atoms with Crippen molar-refractivity contribution in [1.82, 2.24) is 4.72 Å². The second-order valence-electron chi connectivity index (χ2n) is 5.04. The van der Waals surface area contributed by atoms with E-state index >= 15 is 0 Å². The first-order valence-electron chi connectivity index (χ1n) is 7.23. The topological polar surface area (TPSA) is 162 Å². The predicted octanol–water partition coefficient (Wildman–Crippen LogP) is 0.633. The Hall–Kier alpha value is -2.54. The van der Waals surface area contributed by atoms with Gasteiger partial charge in [-0.25, -0.2) is 21.6 Å². The van der Waals surface area contributed by atoms with Gasteiger partial charge in [0.2, 0.25) is 10.0 Å². The fourth-order valence-electron chi connectivity index (χ4n) is 2.05. The van der Waals surface area contributed by atoms with E-state index in [4.69, 9.17) is 5.73 Å². The van der Waals surface area contributed by atoms with Crippen molar-refractivity contribution < 1.29 is 21.8 Å². The third-order valence-corrected chi connectivity index (χ3v) is 6.07. The van der Waals surface area contributed by atoms with Gasteiger partial charge in [-0.05, 0) is 24.3 Å². The molecule has 0 aliphatic rings. The molecule has 0 unspecified atom stereocenters. The van der Waals surface area contributed by atoms with Crippen LogP contribution in [0.5, 0.6) is 0 Å². The number of hydrogen-bond donors (Lipinski definition) is 3. The first-order valence-corrected chi connectivity index (χ1v) is 10.2. The first kappa shape index (κ1) is 19.8. The third-order valence-electron chi connectivity index (χ3n) is 3.18. The smallest absolute Gasteiger partial charge is 0.289 e. The van der Waals surface area contributed by atoms with Gasteiger partial charge in [0.05, 0.1) is 15.5 Å². The van der Waals surface area contributed by atoms with Gasteiger partial charge in [-0.2, -0.15) is 0 Å². The molecule has 26 heavy (non-hydrogen) atoms. The number of sulfonamides is 2. The molecule has 140 valence electrons. The van der Waals surface area contributed by atoms with Gasteiger partial charge >= 0.3 is 0 Å². The molecule has 2 rings (SSSR count). The van der Waals surface area contributed by atoms with E-state index in [0.717, 1.165) is 18.2 Å². The number of nitrogens with zero attached hydrogens (tertiary/aromatic N) is 1. The van der Waals surface area contributed by atoms with Crippen LogP contribution in [-0.2, 0) is 20.0 Å². The molecule has 0 aliphatic carbocycles. The average molecular weight is 400 g/mol. The van der Waals surface area contributed by atoms with Crippen molar-refractivity contribution >= 4 is 31.4 Å². The van der Waals surface area contributed by atoms with Gasteiger partial charge in [0, 0.05) is 19.2 Å². The van der Waals surface area contributed by atoms with Crippen LogP contribution in [-0.4, -0.2) is 34.8 Å². The summed E-state index contributed by atoms with van der Waals surface area (Å²) in [4.78, 5) is 9.51. The summed E-state index contributed by atoms with van der Waals surface area (Å²) in [5, 5.41) is 11.0. The molecule has 0 saturated heterocycles. The van der Waals surface area contributed by atoms with Crippen molar-refractivity contribution in [1.29, 1.82) is 0 Å². The Balaban J connectivity index is 2.37. The van der Waals surface area contributed by atoms with Gasteiger partial charge in [-0.15, -0.1) is 0 Å². The normalized spacial score (nSPS) is 11.9. The summed E-state index contributed by atoms with van der Waals surface area (Å²) >= 11 is 0. The molecule has 2 aromatic rings. The fourth-order valence-corrected chi connectivity index (χ4v) is 4.36. The molecule has 0 radical (unpaired) electrons. The lowest BCUT2D eigenvalue weighted by Crippen LogP contribution is -2.29. The summed E-state index contributed by atoms with van der Waals surface area (Å²) in [6, 6.07) is 9.89. The molecule has 12 heteroatoms. The van der Waals surface area contributed by atoms with Crippen molar-refractivity contribution in [3.05, 3.63) is 58.6 Å². The van der Waals surface area contributed by atoms with Gasteiger partial charge in [0.25, 0.3) is 15.7 Å². The van der Waals surface area contributed by atoms with Crippen LogP contribution in [0.4, 0.5) is 11.4 Å². The van der Waals surface area contributed by atoms with Gasteiger partial charge in [0.15, 0.2) is 4.90 Å². The summed E-state index contributed by atoms with van der Waals surface area (Å²) in [5.74, 6) is 0. The van der Waals surface area contributed by atoms with Crippen LogP contribution in [0.1, 0.15) is 0 Å². The van der Waals surface area contributed by atoms with Crippen molar-refractivity contribution in [3.8, 4) is 0 Å². The maximum atomic E-state index is 12.5. The van der Waals surface area contributed by atoms with Crippen LogP contribution in [0, 0.1) is 10.1 Å². The molecule has 2 aromatic carbocycles. The molecule has 10 nitrogen and oxygen atoms in total. The Bertz CT molecular complexity index is 1020. The van der Waals surface area contributed by atoms with Gasteiger partial charge in [-0.3, -0.25) is 14.8 Å². The summed E-state index contributed by atoms with van der Waals surface area (Å²) in [6.07, 6.45) is 0. The van der Waals surface area contributed by atoms with Gasteiger partial charge < -0.3 is 5.73 Å². The zero-order valence-corrected chi connectivity index (χ0v) is 15.0. The lowest BCUT2D eigenvalue weighted by Gasteiger charge is -2.10. The Morgan fingerprint density at radius 3 is 2.35 bits per heavy atom. The summed E-state index contributed by atoms with van der Waals surface area (Å²) in [6.45, 7) is 0.123. The number of nitro benzene ring substituents is 1.